The molecule has 0 spiro atoms. The van der Waals surface area contributed by atoms with E-state index in [-0.39, 0.29) is 18.5 Å². The molecule has 2 aromatic rings. The summed E-state index contributed by atoms with van der Waals surface area (Å²) in [6, 6.07) is 10.0. The van der Waals surface area contributed by atoms with E-state index in [1.165, 1.54) is 22.1 Å². The number of thiophene rings is 1. The van der Waals surface area contributed by atoms with Crippen LogP contribution in [-0.2, 0) is 11.2 Å². The van der Waals surface area contributed by atoms with Gasteiger partial charge < -0.3 is 14.7 Å². The second kappa shape index (κ2) is 10.4. The third-order valence-corrected chi connectivity index (χ3v) is 6.72. The first-order valence-electron chi connectivity index (χ1n) is 11.0. The van der Waals surface area contributed by atoms with Crippen molar-refractivity contribution in [2.24, 2.45) is 0 Å². The lowest BCUT2D eigenvalue weighted by Crippen LogP contribution is -2.49. The first kappa shape index (κ1) is 23.5. The Kier molecular flexibility index (Phi) is 7.92. The zero-order valence-corrected chi connectivity index (χ0v) is 19.7. The average Bonchev–Trinajstić information content (AvgIpc) is 3.22. The van der Waals surface area contributed by atoms with Crippen molar-refractivity contribution in [2.45, 2.75) is 45.3 Å². The molecule has 2 atom stereocenters. The van der Waals surface area contributed by atoms with Gasteiger partial charge in [-0.15, -0.1) is 17.9 Å². The Balaban J connectivity index is 1.74. The number of rotatable bonds is 10. The Labute approximate surface area is 189 Å². The Bertz CT molecular complexity index is 875. The number of hydrogen-bond donors (Lipinski definition) is 1. The van der Waals surface area contributed by atoms with Gasteiger partial charge in [-0.3, -0.25) is 9.69 Å². The molecule has 2 heterocycles. The summed E-state index contributed by atoms with van der Waals surface area (Å²) in [4.78, 5) is 18.7. The first-order valence-corrected chi connectivity index (χ1v) is 11.8. The number of nitrogens with zero attached hydrogens (tertiary/aromatic N) is 2. The third kappa shape index (κ3) is 6.19. The maximum atomic E-state index is 13.4. The molecule has 168 valence electrons. The molecule has 3 rings (SSSR count). The lowest BCUT2D eigenvalue weighted by atomic mass is 10.00. The molecule has 0 bridgehead atoms. The molecule has 5 nitrogen and oxygen atoms in total. The second-order valence-electron chi connectivity index (χ2n) is 8.55. The molecule has 1 aromatic heterocycles. The van der Waals surface area contributed by atoms with Gasteiger partial charge in [0.05, 0.1) is 18.2 Å². The van der Waals surface area contributed by atoms with E-state index in [1.54, 1.807) is 18.3 Å². The van der Waals surface area contributed by atoms with E-state index in [1.807, 2.05) is 34.1 Å². The molecule has 0 fully saturated rings. The maximum Gasteiger partial charge on any atom is 0.237 e. The highest BCUT2D eigenvalue weighted by molar-refractivity contribution is 7.10. The number of hydrogen-bond acceptors (Lipinski definition) is 5. The number of carbonyl (C=O) groups excluding carboxylic acids is 1. The van der Waals surface area contributed by atoms with Crippen LogP contribution >= 0.6 is 11.3 Å². The smallest absolute Gasteiger partial charge is 0.237 e. The molecular weight excluding hydrogens is 408 g/mol. The van der Waals surface area contributed by atoms with E-state index < -0.39 is 5.60 Å². The summed E-state index contributed by atoms with van der Waals surface area (Å²) in [7, 11) is 0. The van der Waals surface area contributed by atoms with Gasteiger partial charge in [0.25, 0.3) is 0 Å². The summed E-state index contributed by atoms with van der Waals surface area (Å²) in [6.45, 7) is 12.1. The maximum absolute atomic E-state index is 13.4. The van der Waals surface area contributed by atoms with Crippen molar-refractivity contribution in [3.8, 4) is 5.75 Å². The molecular formula is C25H34N2O3S. The van der Waals surface area contributed by atoms with Crippen LogP contribution in [0.4, 0.5) is 0 Å². The van der Waals surface area contributed by atoms with Crippen LogP contribution in [-0.4, -0.2) is 59.2 Å². The van der Waals surface area contributed by atoms with Gasteiger partial charge in [-0.2, -0.15) is 0 Å². The van der Waals surface area contributed by atoms with Gasteiger partial charge in [0.2, 0.25) is 5.91 Å². The van der Waals surface area contributed by atoms with Crippen LogP contribution in [0, 0.1) is 6.92 Å². The standard InChI is InChI=1S/C25H34N2O3S/c1-5-13-26(18-25(4,29)6-2)16-24(28)27-14-11-23-21(12-15-31-23)22(27)17-30-20-9-7-19(3)8-10-20/h6-10,12,15,22,29H,2,5,11,13-14,16-18H2,1,3-4H3/t22-,25+/m1/s1. The quantitative estimate of drug-likeness (QED) is 0.560. The van der Waals surface area contributed by atoms with Crippen molar-refractivity contribution in [1.29, 1.82) is 0 Å². The minimum absolute atomic E-state index is 0.0719. The summed E-state index contributed by atoms with van der Waals surface area (Å²) in [6.07, 6.45) is 3.32. The topological polar surface area (TPSA) is 53.0 Å². The highest BCUT2D eigenvalue weighted by atomic mass is 32.1. The van der Waals surface area contributed by atoms with Crippen LogP contribution in [0.1, 0.15) is 42.3 Å². The van der Waals surface area contributed by atoms with Crippen molar-refractivity contribution in [1.82, 2.24) is 9.80 Å². The molecule has 1 N–H and O–H groups in total. The van der Waals surface area contributed by atoms with E-state index in [9.17, 15) is 9.90 Å². The monoisotopic (exact) mass is 442 g/mol. The van der Waals surface area contributed by atoms with E-state index in [0.717, 1.165) is 25.1 Å². The number of amides is 1. The summed E-state index contributed by atoms with van der Waals surface area (Å²) < 4.78 is 6.10. The average molecular weight is 443 g/mol. The van der Waals surface area contributed by atoms with Gasteiger partial charge in [-0.05, 0) is 62.4 Å². The van der Waals surface area contributed by atoms with Crippen LogP contribution in [0.3, 0.4) is 0 Å². The summed E-state index contributed by atoms with van der Waals surface area (Å²) in [5.41, 5.74) is 1.36. The lowest BCUT2D eigenvalue weighted by molar-refractivity contribution is -0.136. The molecule has 31 heavy (non-hydrogen) atoms. The van der Waals surface area contributed by atoms with Crippen molar-refractivity contribution in [3.05, 3.63) is 64.4 Å². The van der Waals surface area contributed by atoms with Gasteiger partial charge in [0, 0.05) is 18.0 Å². The molecule has 0 saturated carbocycles. The summed E-state index contributed by atoms with van der Waals surface area (Å²) in [5, 5.41) is 12.5. The van der Waals surface area contributed by atoms with Gasteiger partial charge in [0.15, 0.2) is 0 Å². The molecule has 0 radical (unpaired) electrons. The van der Waals surface area contributed by atoms with Crippen LogP contribution < -0.4 is 4.74 Å². The van der Waals surface area contributed by atoms with Crippen molar-refractivity contribution >= 4 is 17.2 Å². The number of aliphatic hydroxyl groups is 1. The fourth-order valence-electron chi connectivity index (χ4n) is 4.01. The van der Waals surface area contributed by atoms with E-state index in [2.05, 4.69) is 31.9 Å². The fourth-order valence-corrected chi connectivity index (χ4v) is 4.94. The predicted octanol–water partition coefficient (Wildman–Crippen LogP) is 4.21. The Morgan fingerprint density at radius 3 is 2.81 bits per heavy atom. The van der Waals surface area contributed by atoms with Crippen LogP contribution in [0.2, 0.25) is 0 Å². The summed E-state index contributed by atoms with van der Waals surface area (Å²) in [5.74, 6) is 0.887. The molecule has 1 aromatic carbocycles. The van der Waals surface area contributed by atoms with E-state index >= 15 is 0 Å². The van der Waals surface area contributed by atoms with Gasteiger partial charge in [-0.25, -0.2) is 0 Å². The molecule has 1 aliphatic heterocycles. The van der Waals surface area contributed by atoms with Gasteiger partial charge >= 0.3 is 0 Å². The second-order valence-corrected chi connectivity index (χ2v) is 9.55. The molecule has 0 saturated heterocycles. The number of fused-ring (bicyclic) bond motifs is 1. The summed E-state index contributed by atoms with van der Waals surface area (Å²) >= 11 is 1.75. The van der Waals surface area contributed by atoms with Crippen LogP contribution in [0.25, 0.3) is 0 Å². The van der Waals surface area contributed by atoms with E-state index in [0.29, 0.717) is 19.7 Å². The van der Waals surface area contributed by atoms with Crippen LogP contribution in [0.15, 0.2) is 48.4 Å². The minimum Gasteiger partial charge on any atom is -0.491 e. The predicted molar refractivity (Wildman–Crippen MR) is 127 cm³/mol. The number of aryl methyl sites for hydroxylation is 1. The lowest BCUT2D eigenvalue weighted by Gasteiger charge is -2.37. The van der Waals surface area contributed by atoms with Crippen molar-refractivity contribution < 1.29 is 14.6 Å². The van der Waals surface area contributed by atoms with Crippen LogP contribution in [0.5, 0.6) is 5.75 Å². The minimum atomic E-state index is -1.02. The molecule has 0 aliphatic carbocycles. The zero-order valence-electron chi connectivity index (χ0n) is 18.8. The highest BCUT2D eigenvalue weighted by Crippen LogP contribution is 2.34. The van der Waals surface area contributed by atoms with Gasteiger partial charge in [-0.1, -0.05) is 30.7 Å². The van der Waals surface area contributed by atoms with Crippen molar-refractivity contribution in [2.75, 3.05) is 32.8 Å². The molecule has 0 unspecified atom stereocenters. The molecule has 6 heteroatoms. The number of benzene rings is 1. The van der Waals surface area contributed by atoms with Crippen molar-refractivity contribution in [3.63, 3.8) is 0 Å². The number of carbonyl (C=O) groups is 1. The number of ether oxygens (including phenoxy) is 1. The molecule has 1 aliphatic rings. The Morgan fingerprint density at radius 1 is 1.39 bits per heavy atom. The highest BCUT2D eigenvalue weighted by Gasteiger charge is 2.33. The Hall–Kier alpha value is -2.15. The fraction of sp³-hybridized carbons (Fsp3) is 0.480. The van der Waals surface area contributed by atoms with Gasteiger partial charge in [0.1, 0.15) is 12.4 Å². The Morgan fingerprint density at radius 2 is 2.13 bits per heavy atom. The normalized spacial score (nSPS) is 17.8. The molecule has 1 amide bonds. The zero-order chi connectivity index (χ0) is 22.4. The largest absolute Gasteiger partial charge is 0.491 e. The third-order valence-electron chi connectivity index (χ3n) is 5.73. The first-order chi connectivity index (χ1) is 14.8. The SMILES string of the molecule is C=C[C@](C)(O)CN(CCC)CC(=O)N1CCc2sccc2[C@H]1COc1ccc(C)cc1. The van der Waals surface area contributed by atoms with E-state index in [4.69, 9.17) is 4.74 Å².